The number of hydrogen-bond donors (Lipinski definition) is 1. The quantitative estimate of drug-likeness (QED) is 0.662. The van der Waals surface area contributed by atoms with Crippen molar-refractivity contribution in [3.8, 4) is 0 Å². The molecule has 2 rings (SSSR count). The number of ether oxygens (including phenoxy) is 1. The largest absolute Gasteiger partial charge is 0.444 e. The SMILES string of the molecule is CN(CCCNC(=O)OC(C)(C)C)C1=NC(n2ccnc2)=NSC1. The average molecular weight is 352 g/mol. The number of imidazole rings is 1. The van der Waals surface area contributed by atoms with Gasteiger partial charge in [0.25, 0.3) is 0 Å². The topological polar surface area (TPSA) is 84.1 Å². The molecular weight excluding hydrogens is 328 g/mol. The van der Waals surface area contributed by atoms with Gasteiger partial charge in [0.2, 0.25) is 5.96 Å². The molecule has 8 nitrogen and oxygen atoms in total. The van der Waals surface area contributed by atoms with Crippen LogP contribution in [0.1, 0.15) is 27.2 Å². The highest BCUT2D eigenvalue weighted by molar-refractivity contribution is 7.98. The maximum atomic E-state index is 11.6. The molecule has 0 saturated carbocycles. The number of aromatic nitrogens is 2. The predicted octanol–water partition coefficient (Wildman–Crippen LogP) is 1.99. The highest BCUT2D eigenvalue weighted by atomic mass is 32.2. The highest BCUT2D eigenvalue weighted by Gasteiger charge is 2.16. The molecule has 1 aliphatic rings. The van der Waals surface area contributed by atoms with Crippen molar-refractivity contribution in [3.63, 3.8) is 0 Å². The van der Waals surface area contributed by atoms with E-state index in [0.717, 1.165) is 24.6 Å². The first kappa shape index (κ1) is 18.3. The van der Waals surface area contributed by atoms with Crippen molar-refractivity contribution in [2.75, 3.05) is 25.9 Å². The van der Waals surface area contributed by atoms with Crippen LogP contribution in [0.2, 0.25) is 0 Å². The lowest BCUT2D eigenvalue weighted by atomic mass is 10.2. The zero-order valence-electron chi connectivity index (χ0n) is 14.5. The average Bonchev–Trinajstić information content (AvgIpc) is 3.04. The van der Waals surface area contributed by atoms with E-state index in [1.807, 2.05) is 34.0 Å². The summed E-state index contributed by atoms with van der Waals surface area (Å²) in [5.41, 5.74) is -0.474. The number of alkyl carbamates (subject to hydrolysis) is 1. The van der Waals surface area contributed by atoms with Gasteiger partial charge in [0.05, 0.1) is 5.75 Å². The van der Waals surface area contributed by atoms with Gasteiger partial charge in [-0.25, -0.2) is 9.78 Å². The molecule has 1 N–H and O–H groups in total. The van der Waals surface area contributed by atoms with E-state index in [0.29, 0.717) is 12.5 Å². The Hall–Kier alpha value is -2.03. The Morgan fingerprint density at radius 1 is 1.50 bits per heavy atom. The number of nitrogens with zero attached hydrogens (tertiary/aromatic N) is 5. The van der Waals surface area contributed by atoms with Gasteiger partial charge in [-0.3, -0.25) is 4.57 Å². The summed E-state index contributed by atoms with van der Waals surface area (Å²) in [5, 5.41) is 2.76. The lowest BCUT2D eigenvalue weighted by molar-refractivity contribution is 0.0527. The zero-order valence-corrected chi connectivity index (χ0v) is 15.3. The first-order valence-corrected chi connectivity index (χ1v) is 8.73. The number of nitrogens with one attached hydrogen (secondary N) is 1. The summed E-state index contributed by atoms with van der Waals surface area (Å²) in [6, 6.07) is 0. The summed E-state index contributed by atoms with van der Waals surface area (Å²) >= 11 is 1.47. The van der Waals surface area contributed by atoms with E-state index >= 15 is 0 Å². The second kappa shape index (κ2) is 8.18. The van der Waals surface area contributed by atoms with Crippen molar-refractivity contribution < 1.29 is 9.53 Å². The van der Waals surface area contributed by atoms with E-state index in [2.05, 4.69) is 24.6 Å². The Balaban J connectivity index is 1.76. The number of rotatable bonds is 4. The molecule has 9 heteroatoms. The maximum Gasteiger partial charge on any atom is 0.407 e. The van der Waals surface area contributed by atoms with Gasteiger partial charge in [0.15, 0.2) is 0 Å². The summed E-state index contributed by atoms with van der Waals surface area (Å²) < 4.78 is 11.3. The molecule has 0 fully saturated rings. The normalized spacial score (nSPS) is 14.7. The first-order chi connectivity index (χ1) is 11.3. The molecule has 1 amide bonds. The summed E-state index contributed by atoms with van der Waals surface area (Å²) in [4.78, 5) is 22.2. The second-order valence-corrected chi connectivity index (χ2v) is 7.10. The molecule has 0 aromatic carbocycles. The molecule has 0 spiro atoms. The number of amidine groups is 1. The number of carbonyl (C=O) groups excluding carboxylic acids is 1. The van der Waals surface area contributed by atoms with Crippen molar-refractivity contribution in [1.82, 2.24) is 19.8 Å². The van der Waals surface area contributed by atoms with Crippen LogP contribution in [-0.4, -0.2) is 63.8 Å². The minimum absolute atomic E-state index is 0.384. The monoisotopic (exact) mass is 352 g/mol. The predicted molar refractivity (Wildman–Crippen MR) is 96.4 cm³/mol. The maximum absolute atomic E-state index is 11.6. The van der Waals surface area contributed by atoms with Gasteiger partial charge < -0.3 is 15.0 Å². The Morgan fingerprint density at radius 3 is 2.96 bits per heavy atom. The van der Waals surface area contributed by atoms with Crippen molar-refractivity contribution in [2.45, 2.75) is 32.8 Å². The molecule has 1 aromatic rings. The van der Waals surface area contributed by atoms with Crippen molar-refractivity contribution >= 4 is 29.8 Å². The molecule has 132 valence electrons. The van der Waals surface area contributed by atoms with E-state index in [-0.39, 0.29) is 6.09 Å². The van der Waals surface area contributed by atoms with Crippen LogP contribution in [0.5, 0.6) is 0 Å². The summed E-state index contributed by atoms with van der Waals surface area (Å²) in [7, 11) is 1.99. The first-order valence-electron chi connectivity index (χ1n) is 7.79. The Morgan fingerprint density at radius 2 is 2.29 bits per heavy atom. The van der Waals surface area contributed by atoms with E-state index < -0.39 is 5.60 Å². The fraction of sp³-hybridized carbons (Fsp3) is 0.600. The van der Waals surface area contributed by atoms with E-state index in [9.17, 15) is 4.79 Å². The van der Waals surface area contributed by atoms with Gasteiger partial charge in [-0.15, -0.1) is 0 Å². The van der Waals surface area contributed by atoms with Crippen LogP contribution in [0, 0.1) is 0 Å². The molecule has 0 unspecified atom stereocenters. The molecule has 0 atom stereocenters. The fourth-order valence-electron chi connectivity index (χ4n) is 1.94. The molecule has 0 radical (unpaired) electrons. The lowest BCUT2D eigenvalue weighted by Gasteiger charge is -2.23. The third kappa shape index (κ3) is 5.88. The van der Waals surface area contributed by atoms with Crippen LogP contribution in [0.4, 0.5) is 4.79 Å². The highest BCUT2D eigenvalue weighted by Crippen LogP contribution is 2.13. The molecular formula is C15H24N6O2S. The van der Waals surface area contributed by atoms with Gasteiger partial charge in [0.1, 0.15) is 17.8 Å². The molecule has 0 saturated heterocycles. The van der Waals surface area contributed by atoms with Crippen molar-refractivity contribution in [2.24, 2.45) is 9.39 Å². The summed E-state index contributed by atoms with van der Waals surface area (Å²) in [6.07, 6.45) is 5.61. The van der Waals surface area contributed by atoms with Crippen molar-refractivity contribution in [3.05, 3.63) is 18.7 Å². The molecule has 0 aliphatic carbocycles. The van der Waals surface area contributed by atoms with Gasteiger partial charge in [0, 0.05) is 32.5 Å². The number of hydrogen-bond acceptors (Lipinski definition) is 7. The van der Waals surface area contributed by atoms with E-state index in [1.165, 1.54) is 11.9 Å². The third-order valence-corrected chi connectivity index (χ3v) is 3.76. The fourth-order valence-corrected chi connectivity index (χ4v) is 2.66. The minimum atomic E-state index is -0.474. The van der Waals surface area contributed by atoms with Gasteiger partial charge in [-0.1, -0.05) is 0 Å². The van der Waals surface area contributed by atoms with Crippen LogP contribution in [0.3, 0.4) is 0 Å². The molecule has 1 aromatic heterocycles. The number of amides is 1. The summed E-state index contributed by atoms with van der Waals surface area (Å²) in [5.74, 6) is 2.31. The van der Waals surface area contributed by atoms with Crippen LogP contribution in [0.25, 0.3) is 0 Å². The van der Waals surface area contributed by atoms with Crippen LogP contribution in [-0.2, 0) is 4.74 Å². The molecule has 24 heavy (non-hydrogen) atoms. The van der Waals surface area contributed by atoms with Crippen LogP contribution in [0.15, 0.2) is 28.1 Å². The molecule has 2 heterocycles. The Labute approximate surface area is 146 Å². The standard InChI is InChI=1S/C15H24N6O2S/c1-15(2,3)23-14(22)17-6-5-8-20(4)12-10-24-19-13(18-12)21-9-7-16-11-21/h7,9,11H,5-6,8,10H2,1-4H3,(H,17,22). The second-order valence-electron chi connectivity index (χ2n) is 6.37. The number of carbonyl (C=O) groups is 1. The molecule has 1 aliphatic heterocycles. The van der Waals surface area contributed by atoms with E-state index in [4.69, 9.17) is 4.74 Å². The number of aliphatic imine (C=N–C) groups is 1. The van der Waals surface area contributed by atoms with Crippen molar-refractivity contribution in [1.29, 1.82) is 0 Å². The molecule has 0 bridgehead atoms. The Bertz CT molecular complexity index is 606. The van der Waals surface area contributed by atoms with Crippen LogP contribution >= 0.6 is 11.9 Å². The van der Waals surface area contributed by atoms with Gasteiger partial charge >= 0.3 is 6.09 Å². The van der Waals surface area contributed by atoms with Gasteiger partial charge in [-0.05, 0) is 39.1 Å². The smallest absolute Gasteiger partial charge is 0.407 e. The lowest BCUT2D eigenvalue weighted by Crippen LogP contribution is -2.36. The van der Waals surface area contributed by atoms with E-state index in [1.54, 1.807) is 17.1 Å². The minimum Gasteiger partial charge on any atom is -0.444 e. The zero-order chi connectivity index (χ0) is 17.6. The third-order valence-electron chi connectivity index (χ3n) is 3.08. The summed E-state index contributed by atoms with van der Waals surface area (Å²) in [6.45, 7) is 6.88. The Kier molecular flexibility index (Phi) is 6.24. The van der Waals surface area contributed by atoms with Gasteiger partial charge in [-0.2, -0.15) is 9.39 Å². The van der Waals surface area contributed by atoms with Crippen LogP contribution < -0.4 is 5.32 Å².